The van der Waals surface area contributed by atoms with Crippen molar-refractivity contribution in [3.8, 4) is 0 Å². The fraction of sp³-hybridized carbons (Fsp3) is 0.389. The van der Waals surface area contributed by atoms with E-state index < -0.39 is 6.03 Å². The van der Waals surface area contributed by atoms with Gasteiger partial charge in [0.05, 0.1) is 12.2 Å². The summed E-state index contributed by atoms with van der Waals surface area (Å²) in [5.74, 6) is -0.294. The number of hydrogen-bond acceptors (Lipinski definition) is 6. The van der Waals surface area contributed by atoms with E-state index in [0.29, 0.717) is 5.69 Å². The van der Waals surface area contributed by atoms with Crippen molar-refractivity contribution in [2.24, 2.45) is 0 Å². The smallest absolute Gasteiger partial charge is 0.325 e. The van der Waals surface area contributed by atoms with E-state index in [1.807, 2.05) is 25.1 Å². The van der Waals surface area contributed by atoms with Crippen molar-refractivity contribution in [2.75, 3.05) is 42.9 Å². The lowest BCUT2D eigenvalue weighted by Gasteiger charge is -2.21. The number of rotatable bonds is 4. The highest BCUT2D eigenvalue weighted by molar-refractivity contribution is 7.13. The minimum Gasteiger partial charge on any atom is -0.347 e. The van der Waals surface area contributed by atoms with Crippen LogP contribution in [0.3, 0.4) is 0 Å². The van der Waals surface area contributed by atoms with Crippen LogP contribution in [0.4, 0.5) is 15.6 Å². The summed E-state index contributed by atoms with van der Waals surface area (Å²) in [5, 5.41) is 8.13. The largest absolute Gasteiger partial charge is 0.347 e. The molecule has 0 spiro atoms. The number of nitrogens with one attached hydrogen (secondary N) is 2. The molecule has 0 atom stereocenters. The van der Waals surface area contributed by atoms with Gasteiger partial charge in [-0.3, -0.25) is 15.0 Å². The van der Waals surface area contributed by atoms with Crippen molar-refractivity contribution in [1.29, 1.82) is 0 Å². The lowest BCUT2D eigenvalue weighted by atomic mass is 10.3. The summed E-state index contributed by atoms with van der Waals surface area (Å²) in [6.07, 6.45) is 0.960. The van der Waals surface area contributed by atoms with Gasteiger partial charge in [0.2, 0.25) is 5.91 Å². The Bertz CT molecular complexity index is 749. The van der Waals surface area contributed by atoms with Crippen LogP contribution >= 0.6 is 11.3 Å². The zero-order chi connectivity index (χ0) is 18.4. The number of nitrogens with zero attached hydrogens (tertiary/aromatic N) is 3. The van der Waals surface area contributed by atoms with Gasteiger partial charge in [-0.2, -0.15) is 0 Å². The highest BCUT2D eigenvalue weighted by atomic mass is 32.1. The number of imide groups is 1. The molecule has 1 fully saturated rings. The first kappa shape index (κ1) is 18.3. The minimum absolute atomic E-state index is 0.215. The number of carbonyl (C=O) groups is 2. The Morgan fingerprint density at radius 2 is 1.96 bits per heavy atom. The molecule has 1 aliphatic rings. The lowest BCUT2D eigenvalue weighted by molar-refractivity contribution is -0.121. The fourth-order valence-corrected chi connectivity index (χ4v) is 3.72. The monoisotopic (exact) mass is 373 g/mol. The summed E-state index contributed by atoms with van der Waals surface area (Å²) in [4.78, 5) is 32.9. The molecule has 2 N–H and O–H groups in total. The van der Waals surface area contributed by atoms with Crippen molar-refractivity contribution in [2.45, 2.75) is 13.3 Å². The summed E-state index contributed by atoms with van der Waals surface area (Å²) < 4.78 is 0. The van der Waals surface area contributed by atoms with Gasteiger partial charge in [0, 0.05) is 37.2 Å². The Balaban J connectivity index is 1.45. The van der Waals surface area contributed by atoms with E-state index in [2.05, 4.69) is 30.8 Å². The third kappa shape index (κ3) is 5.27. The number of carbonyl (C=O) groups excluding carboxylic acids is 2. The third-order valence-electron chi connectivity index (χ3n) is 4.12. The van der Waals surface area contributed by atoms with Crippen LogP contribution in [-0.2, 0) is 4.79 Å². The summed E-state index contributed by atoms with van der Waals surface area (Å²) in [6.45, 7) is 5.57. The van der Waals surface area contributed by atoms with E-state index in [0.717, 1.165) is 43.4 Å². The first-order chi connectivity index (χ1) is 12.6. The molecule has 1 saturated heterocycles. The highest BCUT2D eigenvalue weighted by Gasteiger charge is 2.19. The second-order valence-corrected chi connectivity index (χ2v) is 7.09. The zero-order valence-corrected chi connectivity index (χ0v) is 15.6. The van der Waals surface area contributed by atoms with E-state index in [9.17, 15) is 9.59 Å². The third-order valence-corrected chi connectivity index (χ3v) is 5.14. The van der Waals surface area contributed by atoms with E-state index in [1.165, 1.54) is 0 Å². The number of hydrogen-bond donors (Lipinski definition) is 2. The average molecular weight is 373 g/mol. The van der Waals surface area contributed by atoms with Crippen molar-refractivity contribution in [1.82, 2.24) is 15.2 Å². The van der Waals surface area contributed by atoms with Crippen LogP contribution in [0, 0.1) is 6.92 Å². The van der Waals surface area contributed by atoms with E-state index in [4.69, 9.17) is 0 Å². The van der Waals surface area contributed by atoms with Gasteiger partial charge in [-0.25, -0.2) is 9.78 Å². The molecule has 2 heterocycles. The number of anilines is 2. The van der Waals surface area contributed by atoms with Crippen LogP contribution in [0.25, 0.3) is 0 Å². The molecule has 0 radical (unpaired) electrons. The summed E-state index contributed by atoms with van der Waals surface area (Å²) in [7, 11) is 0. The summed E-state index contributed by atoms with van der Waals surface area (Å²) >= 11 is 1.65. The zero-order valence-electron chi connectivity index (χ0n) is 14.8. The molecule has 1 aliphatic heterocycles. The highest BCUT2D eigenvalue weighted by Crippen LogP contribution is 2.21. The maximum Gasteiger partial charge on any atom is 0.325 e. The second kappa shape index (κ2) is 8.77. The predicted octanol–water partition coefficient (Wildman–Crippen LogP) is 2.31. The number of amides is 3. The lowest BCUT2D eigenvalue weighted by Crippen LogP contribution is -2.43. The van der Waals surface area contributed by atoms with Gasteiger partial charge in [-0.1, -0.05) is 18.2 Å². The number of thiazole rings is 1. The maximum absolute atomic E-state index is 12.1. The maximum atomic E-state index is 12.1. The van der Waals surface area contributed by atoms with Gasteiger partial charge >= 0.3 is 6.03 Å². The van der Waals surface area contributed by atoms with Crippen LogP contribution in [0.2, 0.25) is 0 Å². The fourth-order valence-electron chi connectivity index (χ4n) is 2.86. The molecule has 138 valence electrons. The van der Waals surface area contributed by atoms with Crippen LogP contribution in [-0.4, -0.2) is 54.5 Å². The van der Waals surface area contributed by atoms with Crippen molar-refractivity contribution in [3.05, 3.63) is 41.4 Å². The number of aromatic nitrogens is 1. The van der Waals surface area contributed by atoms with E-state index in [1.54, 1.807) is 23.5 Å². The molecule has 0 bridgehead atoms. The molecule has 0 saturated carbocycles. The molecule has 1 aromatic heterocycles. The van der Waals surface area contributed by atoms with Gasteiger partial charge in [0.25, 0.3) is 0 Å². The molecule has 8 heteroatoms. The molecule has 7 nitrogen and oxygen atoms in total. The van der Waals surface area contributed by atoms with Gasteiger partial charge in [0.15, 0.2) is 5.13 Å². The Hall–Kier alpha value is -2.45. The molecule has 26 heavy (non-hydrogen) atoms. The number of urea groups is 1. The number of benzene rings is 1. The Labute approximate surface area is 157 Å². The Kier molecular flexibility index (Phi) is 6.19. The standard InChI is InChI=1S/C18H23N5O2S/c1-14-13-26-18(19-14)23-9-5-8-22(10-11-23)12-16(24)21-17(25)20-15-6-3-2-4-7-15/h2-4,6-7,13H,5,8-12H2,1H3,(H2,20,21,24,25). The van der Waals surface area contributed by atoms with Crippen molar-refractivity contribution < 1.29 is 9.59 Å². The topological polar surface area (TPSA) is 77.6 Å². The first-order valence-corrected chi connectivity index (χ1v) is 9.53. The van der Waals surface area contributed by atoms with Crippen molar-refractivity contribution in [3.63, 3.8) is 0 Å². The van der Waals surface area contributed by atoms with E-state index >= 15 is 0 Å². The number of aryl methyl sites for hydroxylation is 1. The molecular formula is C18H23N5O2S. The van der Waals surface area contributed by atoms with Crippen molar-refractivity contribution >= 4 is 34.1 Å². The van der Waals surface area contributed by atoms with Crippen LogP contribution < -0.4 is 15.5 Å². The molecule has 0 aliphatic carbocycles. The molecule has 3 amide bonds. The number of para-hydroxylation sites is 1. The predicted molar refractivity (Wildman–Crippen MR) is 104 cm³/mol. The quantitative estimate of drug-likeness (QED) is 0.860. The molecule has 2 aromatic rings. The van der Waals surface area contributed by atoms with Crippen LogP contribution in [0.1, 0.15) is 12.1 Å². The van der Waals surface area contributed by atoms with Gasteiger partial charge < -0.3 is 10.2 Å². The second-order valence-electron chi connectivity index (χ2n) is 6.26. The van der Waals surface area contributed by atoms with Crippen LogP contribution in [0.5, 0.6) is 0 Å². The minimum atomic E-state index is -0.504. The first-order valence-electron chi connectivity index (χ1n) is 8.65. The van der Waals surface area contributed by atoms with Gasteiger partial charge in [-0.15, -0.1) is 11.3 Å². The van der Waals surface area contributed by atoms with E-state index in [-0.39, 0.29) is 12.5 Å². The molecule has 3 rings (SSSR count). The average Bonchev–Trinajstić information content (AvgIpc) is 2.91. The van der Waals surface area contributed by atoms with Gasteiger partial charge in [0.1, 0.15) is 0 Å². The molecule has 1 aromatic carbocycles. The SMILES string of the molecule is Cc1csc(N2CCCN(CC(=O)NC(=O)Nc3ccccc3)CC2)n1. The molecule has 0 unspecified atom stereocenters. The van der Waals surface area contributed by atoms with Gasteiger partial charge in [-0.05, 0) is 25.5 Å². The Morgan fingerprint density at radius 1 is 1.15 bits per heavy atom. The normalized spacial score (nSPS) is 15.3. The molecular weight excluding hydrogens is 350 g/mol. The summed E-state index contributed by atoms with van der Waals surface area (Å²) in [5.41, 5.74) is 1.69. The van der Waals surface area contributed by atoms with Crippen LogP contribution in [0.15, 0.2) is 35.7 Å². The Morgan fingerprint density at radius 3 is 2.69 bits per heavy atom. The summed E-state index contributed by atoms with van der Waals surface area (Å²) in [6, 6.07) is 8.55.